The van der Waals surface area contributed by atoms with Gasteiger partial charge in [0.25, 0.3) is 0 Å². The second-order valence-corrected chi connectivity index (χ2v) is 7.24. The lowest BCUT2D eigenvalue weighted by molar-refractivity contribution is -0.146. The first-order valence-corrected chi connectivity index (χ1v) is 7.82. The molecule has 1 aromatic heterocycles. The van der Waals surface area contributed by atoms with Crippen LogP contribution in [0.15, 0.2) is 10.7 Å². The number of rotatable bonds is 3. The molecule has 4 fully saturated rings. The maximum atomic E-state index is 12.7. The number of nitrogens with zero attached hydrogens (tertiary/aromatic N) is 1. The van der Waals surface area contributed by atoms with Crippen molar-refractivity contribution in [1.82, 2.24) is 10.3 Å². The number of aryl methyl sites for hydroxylation is 1. The van der Waals surface area contributed by atoms with Gasteiger partial charge in [0.05, 0.1) is 12.2 Å². The van der Waals surface area contributed by atoms with E-state index in [0.717, 1.165) is 42.7 Å². The summed E-state index contributed by atoms with van der Waals surface area (Å²) in [6.07, 6.45) is 9.09. The molecule has 1 amide bonds. The van der Waals surface area contributed by atoms with E-state index in [9.17, 15) is 4.79 Å². The Labute approximate surface area is 119 Å². The van der Waals surface area contributed by atoms with Crippen LogP contribution in [0.25, 0.3) is 0 Å². The summed E-state index contributed by atoms with van der Waals surface area (Å²) in [6.45, 7) is 2.32. The van der Waals surface area contributed by atoms with E-state index in [-0.39, 0.29) is 11.3 Å². The standard InChI is InChI=1S/C16H22N2O2/c1-10-18-14(9-20-10)8-17-15(19)16-5-11-2-12(6-16)4-13(3-11)7-16/h9,11-13H,2-8H2,1H3,(H,17,19). The Balaban J connectivity index is 1.45. The molecular weight excluding hydrogens is 252 g/mol. The minimum atomic E-state index is -0.0620. The number of amides is 1. The van der Waals surface area contributed by atoms with Crippen LogP contribution in [0, 0.1) is 30.1 Å². The number of nitrogens with one attached hydrogen (secondary N) is 1. The highest BCUT2D eigenvalue weighted by Gasteiger charge is 2.54. The molecule has 0 saturated heterocycles. The van der Waals surface area contributed by atoms with Gasteiger partial charge in [-0.25, -0.2) is 4.98 Å². The van der Waals surface area contributed by atoms with Crippen molar-refractivity contribution in [2.45, 2.75) is 52.0 Å². The number of carbonyl (C=O) groups is 1. The fourth-order valence-electron chi connectivity index (χ4n) is 5.24. The summed E-state index contributed by atoms with van der Waals surface area (Å²) in [6, 6.07) is 0. The van der Waals surface area contributed by atoms with Crippen molar-refractivity contribution in [1.29, 1.82) is 0 Å². The first kappa shape index (κ1) is 12.4. The molecule has 1 heterocycles. The molecule has 4 bridgehead atoms. The average molecular weight is 274 g/mol. The van der Waals surface area contributed by atoms with E-state index in [4.69, 9.17) is 4.42 Å². The van der Waals surface area contributed by atoms with Crippen molar-refractivity contribution in [3.63, 3.8) is 0 Å². The number of oxazole rings is 1. The maximum Gasteiger partial charge on any atom is 0.226 e. The Morgan fingerprint density at radius 2 is 1.90 bits per heavy atom. The Morgan fingerprint density at radius 3 is 2.40 bits per heavy atom. The Hall–Kier alpha value is -1.32. The average Bonchev–Trinajstić information content (AvgIpc) is 2.80. The summed E-state index contributed by atoms with van der Waals surface area (Å²) < 4.78 is 5.18. The molecule has 20 heavy (non-hydrogen) atoms. The van der Waals surface area contributed by atoms with E-state index in [2.05, 4.69) is 10.3 Å². The highest BCUT2D eigenvalue weighted by atomic mass is 16.3. The van der Waals surface area contributed by atoms with E-state index >= 15 is 0 Å². The normalized spacial score (nSPS) is 38.1. The molecule has 4 nitrogen and oxygen atoms in total. The monoisotopic (exact) mass is 274 g/mol. The Bertz CT molecular complexity index is 499. The van der Waals surface area contributed by atoms with Gasteiger partial charge in [-0.05, 0) is 56.3 Å². The van der Waals surface area contributed by atoms with E-state index < -0.39 is 0 Å². The lowest BCUT2D eigenvalue weighted by Gasteiger charge is -2.55. The topological polar surface area (TPSA) is 55.1 Å². The molecule has 4 heteroatoms. The summed E-state index contributed by atoms with van der Waals surface area (Å²) in [5, 5.41) is 3.11. The van der Waals surface area contributed by atoms with Crippen molar-refractivity contribution < 1.29 is 9.21 Å². The first-order chi connectivity index (χ1) is 9.63. The highest BCUT2D eigenvalue weighted by Crippen LogP contribution is 2.60. The van der Waals surface area contributed by atoms with E-state index in [0.29, 0.717) is 12.4 Å². The number of hydrogen-bond acceptors (Lipinski definition) is 3. The molecular formula is C16H22N2O2. The predicted molar refractivity (Wildman–Crippen MR) is 73.7 cm³/mol. The summed E-state index contributed by atoms with van der Waals surface area (Å²) in [5.74, 6) is 3.34. The van der Waals surface area contributed by atoms with Gasteiger partial charge in [0, 0.05) is 12.3 Å². The predicted octanol–water partition coefficient (Wildman–Crippen LogP) is 2.82. The molecule has 1 N–H and O–H groups in total. The maximum absolute atomic E-state index is 12.7. The van der Waals surface area contributed by atoms with Crippen LogP contribution in [0.3, 0.4) is 0 Å². The molecule has 0 atom stereocenters. The van der Waals surface area contributed by atoms with Crippen molar-refractivity contribution in [2.75, 3.05) is 0 Å². The van der Waals surface area contributed by atoms with Crippen LogP contribution in [0.4, 0.5) is 0 Å². The van der Waals surface area contributed by atoms with Crippen LogP contribution in [-0.2, 0) is 11.3 Å². The Kier molecular flexibility index (Phi) is 2.69. The van der Waals surface area contributed by atoms with E-state index in [1.807, 2.05) is 6.92 Å². The van der Waals surface area contributed by atoms with Crippen molar-refractivity contribution in [3.8, 4) is 0 Å². The van der Waals surface area contributed by atoms with Gasteiger partial charge >= 0.3 is 0 Å². The molecule has 1 aromatic rings. The molecule has 0 spiro atoms. The molecule has 5 rings (SSSR count). The van der Waals surface area contributed by atoms with Gasteiger partial charge < -0.3 is 9.73 Å². The van der Waals surface area contributed by atoms with Gasteiger partial charge in [0.1, 0.15) is 6.26 Å². The van der Waals surface area contributed by atoms with Crippen LogP contribution in [0.5, 0.6) is 0 Å². The number of hydrogen-bond donors (Lipinski definition) is 1. The largest absolute Gasteiger partial charge is 0.449 e. The molecule has 108 valence electrons. The van der Waals surface area contributed by atoms with Crippen LogP contribution in [0.2, 0.25) is 0 Å². The van der Waals surface area contributed by atoms with Gasteiger partial charge in [-0.1, -0.05) is 0 Å². The summed E-state index contributed by atoms with van der Waals surface area (Å²) >= 11 is 0. The lowest BCUT2D eigenvalue weighted by atomic mass is 9.49. The molecule has 4 aliphatic rings. The zero-order valence-corrected chi connectivity index (χ0v) is 12.0. The summed E-state index contributed by atoms with van der Waals surface area (Å²) in [7, 11) is 0. The zero-order valence-electron chi connectivity index (χ0n) is 12.0. The Morgan fingerprint density at radius 1 is 1.30 bits per heavy atom. The third-order valence-corrected chi connectivity index (χ3v) is 5.62. The molecule has 4 aliphatic carbocycles. The van der Waals surface area contributed by atoms with Crippen molar-refractivity contribution >= 4 is 5.91 Å². The second-order valence-electron chi connectivity index (χ2n) is 7.24. The fourth-order valence-corrected chi connectivity index (χ4v) is 5.24. The lowest BCUT2D eigenvalue weighted by Crippen LogP contribution is -2.53. The molecule has 0 radical (unpaired) electrons. The van der Waals surface area contributed by atoms with Gasteiger partial charge in [-0.3, -0.25) is 4.79 Å². The van der Waals surface area contributed by atoms with Crippen molar-refractivity contribution in [3.05, 3.63) is 17.8 Å². The highest BCUT2D eigenvalue weighted by molar-refractivity contribution is 5.83. The second kappa shape index (κ2) is 4.34. The zero-order chi connectivity index (χ0) is 13.7. The van der Waals surface area contributed by atoms with Crippen molar-refractivity contribution in [2.24, 2.45) is 23.2 Å². The SMILES string of the molecule is Cc1nc(CNC(=O)C23CC4CC(CC(C4)C2)C3)co1. The molecule has 4 saturated carbocycles. The third-order valence-electron chi connectivity index (χ3n) is 5.62. The third kappa shape index (κ3) is 1.97. The first-order valence-electron chi connectivity index (χ1n) is 7.82. The molecule has 0 unspecified atom stereocenters. The van der Waals surface area contributed by atoms with Gasteiger partial charge in [-0.15, -0.1) is 0 Å². The van der Waals surface area contributed by atoms with Crippen LogP contribution in [-0.4, -0.2) is 10.9 Å². The molecule has 0 aromatic carbocycles. The minimum absolute atomic E-state index is 0.0620. The van der Waals surface area contributed by atoms with Gasteiger partial charge in [0.2, 0.25) is 5.91 Å². The van der Waals surface area contributed by atoms with Gasteiger partial charge in [-0.2, -0.15) is 0 Å². The van der Waals surface area contributed by atoms with E-state index in [1.54, 1.807) is 6.26 Å². The fraction of sp³-hybridized carbons (Fsp3) is 0.750. The van der Waals surface area contributed by atoms with Crippen LogP contribution >= 0.6 is 0 Å². The number of carbonyl (C=O) groups excluding carboxylic acids is 1. The van der Waals surface area contributed by atoms with E-state index in [1.165, 1.54) is 19.3 Å². The van der Waals surface area contributed by atoms with Crippen LogP contribution < -0.4 is 5.32 Å². The smallest absolute Gasteiger partial charge is 0.226 e. The minimum Gasteiger partial charge on any atom is -0.449 e. The quantitative estimate of drug-likeness (QED) is 0.922. The summed E-state index contributed by atoms with van der Waals surface area (Å²) in [4.78, 5) is 17.0. The molecule has 0 aliphatic heterocycles. The summed E-state index contributed by atoms with van der Waals surface area (Å²) in [5.41, 5.74) is 0.758. The van der Waals surface area contributed by atoms with Gasteiger partial charge in [0.15, 0.2) is 5.89 Å². The van der Waals surface area contributed by atoms with Crippen LogP contribution in [0.1, 0.15) is 50.1 Å². The number of aromatic nitrogens is 1.